The van der Waals surface area contributed by atoms with E-state index in [9.17, 15) is 0 Å². The lowest BCUT2D eigenvalue weighted by molar-refractivity contribution is 0.457. The van der Waals surface area contributed by atoms with Gasteiger partial charge in [0.15, 0.2) is 0 Å². The fourth-order valence-corrected chi connectivity index (χ4v) is 3.36. The minimum Gasteiger partial charge on any atom is -0.314 e. The number of rotatable bonds is 5. The Kier molecular flexibility index (Phi) is 4.45. The summed E-state index contributed by atoms with van der Waals surface area (Å²) in [5.74, 6) is 0. The van der Waals surface area contributed by atoms with Crippen molar-refractivity contribution in [2.75, 3.05) is 6.54 Å². The van der Waals surface area contributed by atoms with Crippen LogP contribution in [0.15, 0.2) is 24.3 Å². The summed E-state index contributed by atoms with van der Waals surface area (Å²) < 4.78 is 0. The molecule has 0 spiro atoms. The van der Waals surface area contributed by atoms with Gasteiger partial charge in [0.1, 0.15) is 0 Å². The monoisotopic (exact) mass is 245 g/mol. The van der Waals surface area contributed by atoms with E-state index in [1.54, 1.807) is 5.56 Å². The number of hydrogen-bond donors (Lipinski definition) is 1. The molecule has 1 aliphatic rings. The fraction of sp³-hybridized carbons (Fsp3) is 0.647. The van der Waals surface area contributed by atoms with Crippen molar-refractivity contribution in [3.05, 3.63) is 35.4 Å². The maximum Gasteiger partial charge on any atom is 0.00756 e. The van der Waals surface area contributed by atoms with Crippen LogP contribution in [0.3, 0.4) is 0 Å². The molecule has 1 heteroatoms. The van der Waals surface area contributed by atoms with E-state index in [0.717, 1.165) is 12.6 Å². The van der Waals surface area contributed by atoms with Gasteiger partial charge in [-0.3, -0.25) is 0 Å². The van der Waals surface area contributed by atoms with Crippen LogP contribution in [0.25, 0.3) is 0 Å². The van der Waals surface area contributed by atoms with Gasteiger partial charge >= 0.3 is 0 Å². The van der Waals surface area contributed by atoms with Crippen molar-refractivity contribution >= 4 is 0 Å². The molecule has 100 valence electrons. The van der Waals surface area contributed by atoms with Crippen LogP contribution in [-0.2, 0) is 11.8 Å². The molecule has 1 fully saturated rings. The Morgan fingerprint density at radius 1 is 1.33 bits per heavy atom. The number of benzene rings is 1. The normalized spacial score (nSPS) is 27.6. The fourth-order valence-electron chi connectivity index (χ4n) is 3.36. The highest BCUT2D eigenvalue weighted by Gasteiger charge is 2.35. The van der Waals surface area contributed by atoms with Crippen molar-refractivity contribution in [3.8, 4) is 0 Å². The summed E-state index contributed by atoms with van der Waals surface area (Å²) in [5, 5.41) is 3.61. The summed E-state index contributed by atoms with van der Waals surface area (Å²) in [5.41, 5.74) is 3.44. The second-order valence-electron chi connectivity index (χ2n) is 6.01. The van der Waals surface area contributed by atoms with Gasteiger partial charge in [-0.1, -0.05) is 51.5 Å². The van der Waals surface area contributed by atoms with Crippen molar-refractivity contribution in [1.82, 2.24) is 5.32 Å². The summed E-state index contributed by atoms with van der Waals surface area (Å²) in [6.45, 7) is 7.99. The molecule has 1 aromatic rings. The van der Waals surface area contributed by atoms with Gasteiger partial charge in [0.25, 0.3) is 0 Å². The Balaban J connectivity index is 2.13. The standard InChI is InChI=1S/C17H27N/c1-4-7-14-8-6-9-15(12-14)17(3)11-10-16(13-17)18-5-2/h6,8-9,12,16,18H,4-5,7,10-11,13H2,1-3H3. The molecule has 18 heavy (non-hydrogen) atoms. The maximum absolute atomic E-state index is 3.61. The highest BCUT2D eigenvalue weighted by atomic mass is 14.9. The Morgan fingerprint density at radius 3 is 2.89 bits per heavy atom. The number of nitrogens with one attached hydrogen (secondary N) is 1. The molecule has 1 saturated carbocycles. The molecule has 0 radical (unpaired) electrons. The quantitative estimate of drug-likeness (QED) is 0.825. The Morgan fingerprint density at radius 2 is 2.17 bits per heavy atom. The van der Waals surface area contributed by atoms with Crippen LogP contribution >= 0.6 is 0 Å². The predicted octanol–water partition coefficient (Wildman–Crippen LogP) is 4.06. The second-order valence-corrected chi connectivity index (χ2v) is 6.01. The molecule has 2 rings (SSSR count). The third-order valence-electron chi connectivity index (χ3n) is 4.40. The lowest BCUT2D eigenvalue weighted by atomic mass is 9.80. The topological polar surface area (TPSA) is 12.0 Å². The van der Waals surface area contributed by atoms with Crippen molar-refractivity contribution < 1.29 is 0 Å². The third-order valence-corrected chi connectivity index (χ3v) is 4.40. The van der Waals surface area contributed by atoms with Gasteiger partial charge in [-0.2, -0.15) is 0 Å². The van der Waals surface area contributed by atoms with E-state index in [0.29, 0.717) is 5.41 Å². The van der Waals surface area contributed by atoms with E-state index in [4.69, 9.17) is 0 Å². The number of hydrogen-bond acceptors (Lipinski definition) is 1. The van der Waals surface area contributed by atoms with Crippen LogP contribution in [0, 0.1) is 0 Å². The van der Waals surface area contributed by atoms with Gasteiger partial charge in [-0.05, 0) is 48.8 Å². The van der Waals surface area contributed by atoms with Crippen LogP contribution in [0.1, 0.15) is 57.6 Å². The van der Waals surface area contributed by atoms with Gasteiger partial charge in [0.2, 0.25) is 0 Å². The average molecular weight is 245 g/mol. The van der Waals surface area contributed by atoms with Gasteiger partial charge in [-0.15, -0.1) is 0 Å². The lowest BCUT2D eigenvalue weighted by Crippen LogP contribution is -2.28. The van der Waals surface area contributed by atoms with Crippen LogP contribution in [0.2, 0.25) is 0 Å². The highest BCUT2D eigenvalue weighted by molar-refractivity contribution is 5.31. The first-order chi connectivity index (χ1) is 8.68. The van der Waals surface area contributed by atoms with Crippen LogP contribution in [-0.4, -0.2) is 12.6 Å². The molecule has 0 amide bonds. The minimum absolute atomic E-state index is 0.386. The summed E-state index contributed by atoms with van der Waals surface area (Å²) in [7, 11) is 0. The smallest absolute Gasteiger partial charge is 0.00756 e. The molecule has 1 aromatic carbocycles. The lowest BCUT2D eigenvalue weighted by Gasteiger charge is -2.25. The summed E-state index contributed by atoms with van der Waals surface area (Å²) in [6.07, 6.45) is 6.37. The molecule has 1 N–H and O–H groups in total. The minimum atomic E-state index is 0.386. The molecule has 2 unspecified atom stereocenters. The van der Waals surface area contributed by atoms with E-state index in [1.165, 1.54) is 37.7 Å². The van der Waals surface area contributed by atoms with Crippen molar-refractivity contribution in [2.45, 2.75) is 64.3 Å². The Bertz CT molecular complexity index is 385. The summed E-state index contributed by atoms with van der Waals surface area (Å²) in [4.78, 5) is 0. The predicted molar refractivity (Wildman–Crippen MR) is 79.1 cm³/mol. The SMILES string of the molecule is CCCc1cccc(C2(C)CCC(NCC)C2)c1. The van der Waals surface area contributed by atoms with Crippen molar-refractivity contribution in [3.63, 3.8) is 0 Å². The molecule has 2 atom stereocenters. The van der Waals surface area contributed by atoms with Gasteiger partial charge < -0.3 is 5.32 Å². The number of aryl methyl sites for hydroxylation is 1. The first kappa shape index (κ1) is 13.6. The first-order valence-corrected chi connectivity index (χ1v) is 7.50. The zero-order chi connectivity index (χ0) is 13.0. The van der Waals surface area contributed by atoms with E-state index < -0.39 is 0 Å². The van der Waals surface area contributed by atoms with E-state index >= 15 is 0 Å². The van der Waals surface area contributed by atoms with Gasteiger partial charge in [-0.25, -0.2) is 0 Å². The molecule has 0 heterocycles. The van der Waals surface area contributed by atoms with Crippen LogP contribution in [0.5, 0.6) is 0 Å². The molecule has 0 aliphatic heterocycles. The zero-order valence-electron chi connectivity index (χ0n) is 12.1. The second kappa shape index (κ2) is 5.88. The molecular weight excluding hydrogens is 218 g/mol. The highest BCUT2D eigenvalue weighted by Crippen LogP contribution is 2.41. The molecule has 1 nitrogen and oxygen atoms in total. The van der Waals surface area contributed by atoms with Gasteiger partial charge in [0, 0.05) is 6.04 Å². The van der Waals surface area contributed by atoms with Gasteiger partial charge in [0.05, 0.1) is 0 Å². The molecular formula is C17H27N. The van der Waals surface area contributed by atoms with E-state index in [1.807, 2.05) is 0 Å². The first-order valence-electron chi connectivity index (χ1n) is 7.50. The third kappa shape index (κ3) is 2.95. The van der Waals surface area contributed by atoms with Crippen molar-refractivity contribution in [2.24, 2.45) is 0 Å². The average Bonchev–Trinajstić information content (AvgIpc) is 2.74. The Labute approximate surface area is 112 Å². The van der Waals surface area contributed by atoms with E-state index in [-0.39, 0.29) is 0 Å². The summed E-state index contributed by atoms with van der Waals surface area (Å²) in [6, 6.07) is 10.00. The largest absolute Gasteiger partial charge is 0.314 e. The van der Waals surface area contributed by atoms with Crippen LogP contribution < -0.4 is 5.32 Å². The van der Waals surface area contributed by atoms with Crippen LogP contribution in [0.4, 0.5) is 0 Å². The maximum atomic E-state index is 3.61. The molecule has 0 bridgehead atoms. The molecule has 1 aliphatic carbocycles. The van der Waals surface area contributed by atoms with E-state index in [2.05, 4.69) is 50.4 Å². The zero-order valence-corrected chi connectivity index (χ0v) is 12.1. The molecule has 0 aromatic heterocycles. The van der Waals surface area contributed by atoms with Crippen molar-refractivity contribution in [1.29, 1.82) is 0 Å². The summed E-state index contributed by atoms with van der Waals surface area (Å²) >= 11 is 0. The Hall–Kier alpha value is -0.820. The molecule has 0 saturated heterocycles.